The van der Waals surface area contributed by atoms with Crippen LogP contribution in [0.2, 0.25) is 0 Å². The highest BCUT2D eigenvalue weighted by molar-refractivity contribution is 7.47. The van der Waals surface area contributed by atoms with Crippen LogP contribution in [-0.4, -0.2) is 96.7 Å². The van der Waals surface area contributed by atoms with Crippen molar-refractivity contribution in [3.8, 4) is 0 Å². The van der Waals surface area contributed by atoms with Crippen LogP contribution in [0, 0.1) is 11.8 Å². The van der Waals surface area contributed by atoms with E-state index in [1.54, 1.807) is 0 Å². The number of hydrogen-bond donors (Lipinski definition) is 3. The van der Waals surface area contributed by atoms with Gasteiger partial charge in [-0.2, -0.15) is 0 Å². The third-order valence-electron chi connectivity index (χ3n) is 17.6. The highest BCUT2D eigenvalue weighted by atomic mass is 31.2. The van der Waals surface area contributed by atoms with E-state index in [1.165, 1.54) is 199 Å². The van der Waals surface area contributed by atoms with E-state index in [1.807, 2.05) is 0 Å². The number of hydrogen-bond acceptors (Lipinski definition) is 15. The fourth-order valence-corrected chi connectivity index (χ4v) is 12.8. The van der Waals surface area contributed by atoms with Gasteiger partial charge in [-0.3, -0.25) is 37.3 Å². The molecule has 6 atom stereocenters. The molecule has 3 unspecified atom stereocenters. The van der Waals surface area contributed by atoms with Crippen LogP contribution in [-0.2, 0) is 65.4 Å². The number of phosphoric acid groups is 2. The van der Waals surface area contributed by atoms with Crippen molar-refractivity contribution in [1.82, 2.24) is 0 Å². The first-order valence-corrected chi connectivity index (χ1v) is 41.5. The average molecular weight is 1370 g/mol. The van der Waals surface area contributed by atoms with Crippen LogP contribution in [0.15, 0.2) is 0 Å². The SMILES string of the molecule is CCCCCCCCCCCCCCCCCCCC(=O)O[C@H](COC(=O)CCCCCCCCCCCCCCC)COP(=O)(O)OC[C@@H](O)COP(=O)(O)OC[C@@H](COC(=O)CCCCCCCCCCC(C)C)OC(=O)CCCCCCCCCCC(C)CC. The molecule has 0 aromatic carbocycles. The first-order chi connectivity index (χ1) is 44.9. The molecule has 0 bridgehead atoms. The summed E-state index contributed by atoms with van der Waals surface area (Å²) in [7, 11) is -9.91. The van der Waals surface area contributed by atoms with Crippen LogP contribution >= 0.6 is 15.6 Å². The van der Waals surface area contributed by atoms with Crippen LogP contribution in [0.5, 0.6) is 0 Å². The number of aliphatic hydroxyl groups excluding tert-OH is 1. The van der Waals surface area contributed by atoms with Gasteiger partial charge in [0, 0.05) is 25.7 Å². The Balaban J connectivity index is 5.25. The van der Waals surface area contributed by atoms with Crippen molar-refractivity contribution in [1.29, 1.82) is 0 Å². The van der Waals surface area contributed by atoms with Crippen molar-refractivity contribution in [3.63, 3.8) is 0 Å². The molecule has 0 aromatic rings. The molecule has 0 radical (unpaired) electrons. The molecule has 0 aliphatic carbocycles. The Kier molecular flexibility index (Phi) is 64.6. The summed E-state index contributed by atoms with van der Waals surface area (Å²) in [5.74, 6) is -0.623. The molecule has 19 heteroatoms. The third kappa shape index (κ3) is 67.0. The molecule has 0 aliphatic heterocycles. The number of esters is 4. The Bertz CT molecular complexity index is 1810. The average Bonchev–Trinajstić information content (AvgIpc) is 3.60. The lowest BCUT2D eigenvalue weighted by molar-refractivity contribution is -0.161. The summed E-state index contributed by atoms with van der Waals surface area (Å²) >= 11 is 0. The van der Waals surface area contributed by atoms with Gasteiger partial charge >= 0.3 is 39.5 Å². The Morgan fingerprint density at radius 1 is 0.312 bits per heavy atom. The Labute approximate surface area is 568 Å². The second kappa shape index (κ2) is 66.0. The zero-order valence-corrected chi connectivity index (χ0v) is 62.3. The lowest BCUT2D eigenvalue weighted by atomic mass is 9.99. The van der Waals surface area contributed by atoms with E-state index in [4.69, 9.17) is 37.0 Å². The number of carbonyl (C=O) groups excluding carboxylic acids is 4. The summed E-state index contributed by atoms with van der Waals surface area (Å²) in [6.45, 7) is 9.55. The summed E-state index contributed by atoms with van der Waals surface area (Å²) in [5.41, 5.74) is 0. The first kappa shape index (κ1) is 91.1. The van der Waals surface area contributed by atoms with E-state index in [-0.39, 0.29) is 25.7 Å². The maximum absolute atomic E-state index is 13.1. The summed E-state index contributed by atoms with van der Waals surface area (Å²) in [5, 5.41) is 10.6. The largest absolute Gasteiger partial charge is 0.472 e. The van der Waals surface area contributed by atoms with Crippen molar-refractivity contribution in [2.24, 2.45) is 11.8 Å². The van der Waals surface area contributed by atoms with Crippen LogP contribution in [0.25, 0.3) is 0 Å². The van der Waals surface area contributed by atoms with Crippen molar-refractivity contribution >= 4 is 39.5 Å². The molecule has 0 saturated carbocycles. The smallest absolute Gasteiger partial charge is 0.462 e. The number of unbranched alkanes of at least 4 members (excludes halogenated alkanes) is 42. The molecule has 0 spiro atoms. The highest BCUT2D eigenvalue weighted by Crippen LogP contribution is 2.45. The zero-order valence-electron chi connectivity index (χ0n) is 60.6. The topological polar surface area (TPSA) is 237 Å². The normalized spacial score (nSPS) is 14.3. The highest BCUT2D eigenvalue weighted by Gasteiger charge is 2.30. The van der Waals surface area contributed by atoms with Gasteiger partial charge in [-0.05, 0) is 37.5 Å². The van der Waals surface area contributed by atoms with Crippen LogP contribution in [0.4, 0.5) is 0 Å². The number of phosphoric ester groups is 2. The first-order valence-electron chi connectivity index (χ1n) is 38.5. The van der Waals surface area contributed by atoms with Crippen molar-refractivity contribution < 1.29 is 80.2 Å². The predicted molar refractivity (Wildman–Crippen MR) is 377 cm³/mol. The number of rotatable bonds is 73. The molecule has 17 nitrogen and oxygen atoms in total. The lowest BCUT2D eigenvalue weighted by Gasteiger charge is -2.21. The van der Waals surface area contributed by atoms with Crippen LogP contribution in [0.1, 0.15) is 382 Å². The minimum absolute atomic E-state index is 0.105. The van der Waals surface area contributed by atoms with Crippen molar-refractivity contribution in [2.75, 3.05) is 39.6 Å². The number of ether oxygens (including phenoxy) is 4. The van der Waals surface area contributed by atoms with E-state index in [9.17, 15) is 43.2 Å². The molecular weight excluding hydrogens is 1220 g/mol. The quantitative estimate of drug-likeness (QED) is 0.0222. The fourth-order valence-electron chi connectivity index (χ4n) is 11.3. The standard InChI is InChI=1S/C74H144O17P2/c1-7-10-12-14-16-18-20-22-23-24-25-27-29-31-40-46-52-58-73(78)90-69(62-84-71(76)56-50-44-38-30-28-26-21-19-17-15-13-11-8-2)64-88-92(80,81)86-60-68(75)61-87-93(82,83)89-65-70(63-85-72(77)57-51-45-39-34-32-36-42-48-54-66(4)5)91-74(79)59-53-47-41-35-33-37-43-49-55-67(6)9-3/h66-70,75H,7-65H2,1-6H3,(H,80,81)(H,82,83)/t67?,68-,69-,70-/m1/s1. The molecule has 552 valence electrons. The van der Waals surface area contributed by atoms with E-state index < -0.39 is 97.5 Å². The van der Waals surface area contributed by atoms with Gasteiger partial charge in [0.2, 0.25) is 0 Å². The molecule has 0 saturated heterocycles. The number of aliphatic hydroxyl groups is 1. The van der Waals surface area contributed by atoms with E-state index in [2.05, 4.69) is 41.5 Å². The molecule has 0 amide bonds. The van der Waals surface area contributed by atoms with Gasteiger partial charge in [-0.15, -0.1) is 0 Å². The van der Waals surface area contributed by atoms with E-state index >= 15 is 0 Å². The molecule has 0 heterocycles. The van der Waals surface area contributed by atoms with Crippen LogP contribution < -0.4 is 0 Å². The molecule has 0 rings (SSSR count). The molecule has 0 aliphatic rings. The molecular formula is C74H144O17P2. The summed E-state index contributed by atoms with van der Waals surface area (Å²) in [6, 6.07) is 0. The minimum Gasteiger partial charge on any atom is -0.462 e. The maximum atomic E-state index is 13.1. The van der Waals surface area contributed by atoms with Crippen LogP contribution in [0.3, 0.4) is 0 Å². The third-order valence-corrected chi connectivity index (χ3v) is 19.5. The van der Waals surface area contributed by atoms with Gasteiger partial charge in [0.25, 0.3) is 0 Å². The maximum Gasteiger partial charge on any atom is 0.472 e. The van der Waals surface area contributed by atoms with Gasteiger partial charge in [-0.25, -0.2) is 9.13 Å². The Hall–Kier alpha value is -1.94. The Morgan fingerprint density at radius 2 is 0.548 bits per heavy atom. The number of carbonyl (C=O) groups is 4. The summed E-state index contributed by atoms with van der Waals surface area (Å²) < 4.78 is 68.5. The zero-order chi connectivity index (χ0) is 68.6. The molecule has 3 N–H and O–H groups in total. The minimum atomic E-state index is -4.95. The summed E-state index contributed by atoms with van der Waals surface area (Å²) in [6.07, 6.45) is 52.6. The second-order valence-corrected chi connectivity index (χ2v) is 30.3. The van der Waals surface area contributed by atoms with Gasteiger partial charge in [0.05, 0.1) is 26.4 Å². The molecule has 0 aromatic heterocycles. The van der Waals surface area contributed by atoms with E-state index in [0.29, 0.717) is 25.7 Å². The summed E-state index contributed by atoms with van der Waals surface area (Å²) in [4.78, 5) is 72.7. The van der Waals surface area contributed by atoms with Gasteiger partial charge in [0.1, 0.15) is 19.3 Å². The second-order valence-electron chi connectivity index (χ2n) is 27.4. The van der Waals surface area contributed by atoms with Gasteiger partial charge in [-0.1, -0.05) is 330 Å². The predicted octanol–water partition coefficient (Wildman–Crippen LogP) is 21.6. The fraction of sp³-hybridized carbons (Fsp3) is 0.946. The molecule has 0 fully saturated rings. The van der Waals surface area contributed by atoms with Crippen molar-refractivity contribution in [2.45, 2.75) is 400 Å². The lowest BCUT2D eigenvalue weighted by Crippen LogP contribution is -2.30. The monoisotopic (exact) mass is 1370 g/mol. The van der Waals surface area contributed by atoms with E-state index in [0.717, 1.165) is 102 Å². The van der Waals surface area contributed by atoms with Gasteiger partial charge in [0.15, 0.2) is 12.2 Å². The molecule has 93 heavy (non-hydrogen) atoms. The Morgan fingerprint density at radius 3 is 0.817 bits per heavy atom. The van der Waals surface area contributed by atoms with Gasteiger partial charge < -0.3 is 33.8 Å². The van der Waals surface area contributed by atoms with Crippen molar-refractivity contribution in [3.05, 3.63) is 0 Å².